The Morgan fingerprint density at radius 1 is 1.11 bits per heavy atom. The van der Waals surface area contributed by atoms with Crippen LogP contribution in [0.25, 0.3) is 0 Å². The van der Waals surface area contributed by atoms with Gasteiger partial charge >= 0.3 is 0 Å². The predicted octanol–water partition coefficient (Wildman–Crippen LogP) is 4.23. The van der Waals surface area contributed by atoms with Gasteiger partial charge in [0.2, 0.25) is 0 Å². The summed E-state index contributed by atoms with van der Waals surface area (Å²) in [5, 5.41) is 0. The van der Waals surface area contributed by atoms with Crippen molar-refractivity contribution in [2.75, 3.05) is 19.1 Å². The van der Waals surface area contributed by atoms with Gasteiger partial charge < -0.3 is 4.74 Å². The van der Waals surface area contributed by atoms with Crippen LogP contribution >= 0.6 is 0 Å². The minimum atomic E-state index is -0.348. The van der Waals surface area contributed by atoms with Crippen LogP contribution < -0.4 is 9.64 Å². The number of hydrogen-bond donors (Lipinski definition) is 0. The molecule has 5 heteroatoms. The molecule has 0 saturated carbocycles. The largest absolute Gasteiger partial charge is 0.497 e. The monoisotopic (exact) mass is 366 g/mol. The average molecular weight is 366 g/mol. The molecule has 2 heterocycles. The number of likely N-dealkylation sites (N-methyl/N-ethyl adjacent to an activating group) is 1. The van der Waals surface area contributed by atoms with E-state index < -0.39 is 0 Å². The number of nitrogens with zero attached hydrogens (tertiary/aromatic N) is 2. The lowest BCUT2D eigenvalue weighted by molar-refractivity contribution is 0.0991. The smallest absolute Gasteiger partial charge is 0.262 e. The van der Waals surface area contributed by atoms with E-state index in [1.165, 1.54) is 24.3 Å². The molecule has 1 saturated heterocycles. The number of hydrogen-bond acceptors (Lipinski definition) is 3. The molecule has 2 aliphatic rings. The van der Waals surface area contributed by atoms with Crippen molar-refractivity contribution in [2.24, 2.45) is 0 Å². The van der Waals surface area contributed by atoms with Crippen molar-refractivity contribution in [3.63, 3.8) is 0 Å². The average Bonchev–Trinajstić information content (AvgIpc) is 2.90. The molecular weight excluding hydrogens is 343 g/mol. The van der Waals surface area contributed by atoms with E-state index in [1.54, 1.807) is 12.0 Å². The number of carbonyl (C=O) groups excluding carboxylic acids is 1. The number of fused-ring (bicyclic) bond motifs is 2. The molecule has 0 N–H and O–H groups in total. The number of amides is 1. The minimum absolute atomic E-state index is 0.143. The first kappa shape index (κ1) is 17.7. The standard InChI is InChI=1S/C22H23FN2O2/c1-24-18-7-8-19(24)14-20(13-18)25(17-9-11-21(27-2)12-10-17)22(26)15-3-5-16(23)6-4-15/h3-6,9-13,18-19H,7-8,14H2,1-2H3/t18-,19-/m1/s1. The second-order valence-electron chi connectivity index (χ2n) is 7.17. The van der Waals surface area contributed by atoms with E-state index in [-0.39, 0.29) is 11.7 Å². The fourth-order valence-electron chi connectivity index (χ4n) is 4.05. The Balaban J connectivity index is 1.74. The zero-order chi connectivity index (χ0) is 19.0. The van der Waals surface area contributed by atoms with Gasteiger partial charge in [0.15, 0.2) is 0 Å². The summed E-state index contributed by atoms with van der Waals surface area (Å²) in [5.41, 5.74) is 2.28. The molecule has 4 rings (SSSR count). The van der Waals surface area contributed by atoms with Gasteiger partial charge in [-0.3, -0.25) is 14.6 Å². The number of benzene rings is 2. The third kappa shape index (κ3) is 3.35. The molecule has 0 aliphatic carbocycles. The van der Waals surface area contributed by atoms with Crippen LogP contribution in [0, 0.1) is 5.82 Å². The minimum Gasteiger partial charge on any atom is -0.497 e. The first-order valence-corrected chi connectivity index (χ1v) is 9.23. The van der Waals surface area contributed by atoms with Crippen molar-refractivity contribution in [2.45, 2.75) is 31.3 Å². The van der Waals surface area contributed by atoms with Crippen LogP contribution in [0.3, 0.4) is 0 Å². The van der Waals surface area contributed by atoms with Crippen molar-refractivity contribution in [1.29, 1.82) is 0 Å². The van der Waals surface area contributed by atoms with Crippen LogP contribution in [0.4, 0.5) is 10.1 Å². The van der Waals surface area contributed by atoms with Gasteiger partial charge in [0, 0.05) is 35.5 Å². The molecule has 2 aliphatic heterocycles. The Kier molecular flexibility index (Phi) is 4.70. The summed E-state index contributed by atoms with van der Waals surface area (Å²) >= 11 is 0. The predicted molar refractivity (Wildman–Crippen MR) is 103 cm³/mol. The summed E-state index contributed by atoms with van der Waals surface area (Å²) in [4.78, 5) is 17.5. The zero-order valence-electron chi connectivity index (χ0n) is 15.6. The summed E-state index contributed by atoms with van der Waals surface area (Å²) in [5.74, 6) is 0.250. The number of halogens is 1. The molecule has 1 amide bonds. The first-order valence-electron chi connectivity index (χ1n) is 9.23. The van der Waals surface area contributed by atoms with E-state index in [1.807, 2.05) is 24.3 Å². The molecule has 2 bridgehead atoms. The molecular formula is C22H23FN2O2. The first-order chi connectivity index (χ1) is 13.1. The van der Waals surface area contributed by atoms with Gasteiger partial charge in [-0.1, -0.05) is 0 Å². The van der Waals surface area contributed by atoms with Crippen LogP contribution in [0.5, 0.6) is 5.75 Å². The fourth-order valence-corrected chi connectivity index (χ4v) is 4.05. The number of ether oxygens (including phenoxy) is 1. The Bertz CT molecular complexity index is 861. The second-order valence-corrected chi connectivity index (χ2v) is 7.17. The van der Waals surface area contributed by atoms with E-state index in [2.05, 4.69) is 18.0 Å². The second kappa shape index (κ2) is 7.16. The van der Waals surface area contributed by atoms with Crippen molar-refractivity contribution in [3.05, 3.63) is 71.7 Å². The summed E-state index contributed by atoms with van der Waals surface area (Å²) in [7, 11) is 3.77. The maximum Gasteiger partial charge on any atom is 0.262 e. The van der Waals surface area contributed by atoms with Gasteiger partial charge in [0.1, 0.15) is 11.6 Å². The lowest BCUT2D eigenvalue weighted by Gasteiger charge is -2.35. The zero-order valence-corrected chi connectivity index (χ0v) is 15.6. The Morgan fingerprint density at radius 3 is 2.44 bits per heavy atom. The van der Waals surface area contributed by atoms with Crippen LogP contribution in [0.15, 0.2) is 60.3 Å². The topological polar surface area (TPSA) is 32.8 Å². The van der Waals surface area contributed by atoms with Gasteiger partial charge in [0.25, 0.3) is 5.91 Å². The number of carbonyl (C=O) groups is 1. The maximum absolute atomic E-state index is 13.3. The van der Waals surface area contributed by atoms with E-state index in [9.17, 15) is 9.18 Å². The highest BCUT2D eigenvalue weighted by Crippen LogP contribution is 2.37. The highest BCUT2D eigenvalue weighted by atomic mass is 19.1. The van der Waals surface area contributed by atoms with E-state index in [0.29, 0.717) is 17.6 Å². The lowest BCUT2D eigenvalue weighted by Crippen LogP contribution is -2.40. The lowest BCUT2D eigenvalue weighted by atomic mass is 10.0. The third-order valence-electron chi connectivity index (χ3n) is 5.64. The van der Waals surface area contributed by atoms with Crippen molar-refractivity contribution in [3.8, 4) is 5.75 Å². The molecule has 1 fully saturated rings. The molecule has 4 nitrogen and oxygen atoms in total. The molecule has 140 valence electrons. The van der Waals surface area contributed by atoms with Crippen LogP contribution in [0.2, 0.25) is 0 Å². The van der Waals surface area contributed by atoms with Gasteiger partial charge in [-0.05, 0) is 74.5 Å². The van der Waals surface area contributed by atoms with Gasteiger partial charge in [-0.2, -0.15) is 0 Å². The van der Waals surface area contributed by atoms with E-state index in [0.717, 1.165) is 36.4 Å². The SMILES string of the molecule is COc1ccc(N(C(=O)c2ccc(F)cc2)C2=C[C@H]3CC[C@H](C2)N3C)cc1. The molecule has 2 aromatic rings. The highest BCUT2D eigenvalue weighted by Gasteiger charge is 2.37. The van der Waals surface area contributed by atoms with Crippen molar-refractivity contribution >= 4 is 11.6 Å². The Hall–Kier alpha value is -2.66. The summed E-state index contributed by atoms with van der Waals surface area (Å²) in [6, 6.07) is 14.0. The third-order valence-corrected chi connectivity index (χ3v) is 5.64. The molecule has 0 unspecified atom stereocenters. The number of anilines is 1. The fraction of sp³-hybridized carbons (Fsp3) is 0.318. The summed E-state index contributed by atoms with van der Waals surface area (Å²) in [6.45, 7) is 0. The van der Waals surface area contributed by atoms with Crippen LogP contribution in [-0.2, 0) is 0 Å². The summed E-state index contributed by atoms with van der Waals surface area (Å²) < 4.78 is 18.6. The van der Waals surface area contributed by atoms with Crippen LogP contribution in [-0.4, -0.2) is 37.0 Å². The molecule has 0 radical (unpaired) electrons. The van der Waals surface area contributed by atoms with Gasteiger partial charge in [-0.15, -0.1) is 0 Å². The maximum atomic E-state index is 13.3. The highest BCUT2D eigenvalue weighted by molar-refractivity contribution is 6.08. The number of rotatable bonds is 4. The van der Waals surface area contributed by atoms with Crippen molar-refractivity contribution < 1.29 is 13.9 Å². The quantitative estimate of drug-likeness (QED) is 0.812. The normalized spacial score (nSPS) is 21.7. The van der Waals surface area contributed by atoms with Crippen LogP contribution in [0.1, 0.15) is 29.6 Å². The van der Waals surface area contributed by atoms with E-state index in [4.69, 9.17) is 4.74 Å². The van der Waals surface area contributed by atoms with Gasteiger partial charge in [0.05, 0.1) is 7.11 Å². The Labute approximate surface area is 158 Å². The molecule has 0 aromatic heterocycles. The molecule has 0 spiro atoms. The summed E-state index contributed by atoms with van der Waals surface area (Å²) in [6.07, 6.45) is 5.29. The van der Waals surface area contributed by atoms with E-state index >= 15 is 0 Å². The Morgan fingerprint density at radius 2 is 1.81 bits per heavy atom. The van der Waals surface area contributed by atoms with Gasteiger partial charge in [-0.25, -0.2) is 4.39 Å². The van der Waals surface area contributed by atoms with Crippen molar-refractivity contribution in [1.82, 2.24) is 4.90 Å². The number of methoxy groups -OCH3 is 1. The molecule has 2 atom stereocenters. The molecule has 2 aromatic carbocycles. The molecule has 27 heavy (non-hydrogen) atoms.